The van der Waals surface area contributed by atoms with E-state index in [4.69, 9.17) is 9.72 Å². The number of benzene rings is 1. The van der Waals surface area contributed by atoms with Crippen molar-refractivity contribution in [1.29, 1.82) is 0 Å². The molecule has 9 heteroatoms. The number of hydrogen-bond acceptors (Lipinski definition) is 6. The fourth-order valence-corrected chi connectivity index (χ4v) is 4.56. The van der Waals surface area contributed by atoms with E-state index < -0.39 is 17.4 Å². The third kappa shape index (κ3) is 4.55. The Balaban J connectivity index is 1.68. The van der Waals surface area contributed by atoms with E-state index in [1.54, 1.807) is 11.6 Å². The third-order valence-corrected chi connectivity index (χ3v) is 6.66. The highest BCUT2D eigenvalue weighted by atomic mass is 16.5. The first-order valence-electron chi connectivity index (χ1n) is 11.6. The Morgan fingerprint density at radius 3 is 2.76 bits per heavy atom. The summed E-state index contributed by atoms with van der Waals surface area (Å²) in [5.74, 6) is 1.31. The molecule has 1 aliphatic rings. The van der Waals surface area contributed by atoms with Crippen LogP contribution < -0.4 is 20.9 Å². The second-order valence-electron chi connectivity index (χ2n) is 8.98. The maximum atomic E-state index is 12.8. The smallest absolute Gasteiger partial charge is 0.329 e. The number of nitrogens with one attached hydrogen (secondary N) is 1. The molecule has 2 aromatic heterocycles. The number of fused-ring (bicyclic) bond motifs is 1. The third-order valence-electron chi connectivity index (χ3n) is 6.66. The van der Waals surface area contributed by atoms with Crippen molar-refractivity contribution >= 4 is 17.1 Å². The largest absolute Gasteiger partial charge is 0.491 e. The van der Waals surface area contributed by atoms with Crippen LogP contribution in [0.5, 0.6) is 5.75 Å². The molecular weight excluding hydrogens is 422 g/mol. The summed E-state index contributed by atoms with van der Waals surface area (Å²) in [7, 11) is 1.59. The molecule has 0 radical (unpaired) electrons. The molecule has 0 saturated carbocycles. The van der Waals surface area contributed by atoms with E-state index in [9.17, 15) is 14.7 Å². The first-order valence-corrected chi connectivity index (χ1v) is 11.6. The van der Waals surface area contributed by atoms with Gasteiger partial charge >= 0.3 is 5.69 Å². The fraction of sp³-hybridized carbons (Fsp3) is 0.542. The lowest BCUT2D eigenvalue weighted by molar-refractivity contribution is 0.0934. The van der Waals surface area contributed by atoms with Gasteiger partial charge < -0.3 is 19.3 Å². The summed E-state index contributed by atoms with van der Waals surface area (Å²) in [5, 5.41) is 10.9. The summed E-state index contributed by atoms with van der Waals surface area (Å²) in [5.41, 5.74) is 1.90. The van der Waals surface area contributed by atoms with Gasteiger partial charge in [0.2, 0.25) is 5.95 Å². The van der Waals surface area contributed by atoms with Gasteiger partial charge in [-0.2, -0.15) is 4.98 Å². The number of hydrogen-bond donors (Lipinski definition) is 2. The minimum absolute atomic E-state index is 0.0719. The van der Waals surface area contributed by atoms with Crippen LogP contribution in [-0.4, -0.2) is 49.5 Å². The van der Waals surface area contributed by atoms with E-state index in [2.05, 4.69) is 16.8 Å². The second-order valence-corrected chi connectivity index (χ2v) is 8.98. The van der Waals surface area contributed by atoms with Crippen molar-refractivity contribution in [1.82, 2.24) is 19.1 Å². The molecule has 0 aliphatic carbocycles. The molecule has 2 unspecified atom stereocenters. The number of rotatable bonds is 7. The van der Waals surface area contributed by atoms with Crippen LogP contribution >= 0.6 is 0 Å². The molecule has 3 heterocycles. The van der Waals surface area contributed by atoms with Crippen LogP contribution in [0.25, 0.3) is 11.2 Å². The van der Waals surface area contributed by atoms with Crippen LogP contribution in [0.2, 0.25) is 0 Å². The molecule has 1 saturated heterocycles. The summed E-state index contributed by atoms with van der Waals surface area (Å²) in [6.07, 6.45) is 3.32. The molecule has 1 aliphatic heterocycles. The number of H-pyrrole nitrogens is 1. The molecule has 33 heavy (non-hydrogen) atoms. The zero-order valence-electron chi connectivity index (χ0n) is 19.8. The van der Waals surface area contributed by atoms with E-state index in [1.807, 2.05) is 32.0 Å². The van der Waals surface area contributed by atoms with Crippen molar-refractivity contribution in [3.05, 3.63) is 50.2 Å². The van der Waals surface area contributed by atoms with Gasteiger partial charge in [-0.05, 0) is 62.8 Å². The van der Waals surface area contributed by atoms with E-state index in [1.165, 1.54) is 10.1 Å². The molecule has 0 bridgehead atoms. The van der Waals surface area contributed by atoms with Crippen molar-refractivity contribution in [3.63, 3.8) is 0 Å². The average molecular weight is 456 g/mol. The number of aromatic amines is 1. The molecule has 4 rings (SSSR count). The monoisotopic (exact) mass is 455 g/mol. The zero-order chi connectivity index (χ0) is 23.7. The van der Waals surface area contributed by atoms with E-state index in [0.29, 0.717) is 23.4 Å². The number of aryl methyl sites for hydroxylation is 3. The number of nitrogens with zero attached hydrogens (tertiary/aromatic N) is 4. The Bertz CT molecular complexity index is 1260. The van der Waals surface area contributed by atoms with Crippen LogP contribution in [0.15, 0.2) is 27.8 Å². The van der Waals surface area contributed by atoms with Crippen LogP contribution in [-0.2, 0) is 13.6 Å². The number of aliphatic hydroxyl groups excluding tert-OH is 1. The fourth-order valence-electron chi connectivity index (χ4n) is 4.56. The highest BCUT2D eigenvalue weighted by Gasteiger charge is 2.28. The predicted octanol–water partition coefficient (Wildman–Crippen LogP) is 2.25. The van der Waals surface area contributed by atoms with Gasteiger partial charge in [0.1, 0.15) is 18.5 Å². The minimum atomic E-state index is -0.871. The number of ether oxygens (including phenoxy) is 1. The number of anilines is 1. The summed E-state index contributed by atoms with van der Waals surface area (Å²) >= 11 is 0. The van der Waals surface area contributed by atoms with Gasteiger partial charge in [0.25, 0.3) is 5.56 Å². The Morgan fingerprint density at radius 2 is 2.03 bits per heavy atom. The summed E-state index contributed by atoms with van der Waals surface area (Å²) < 4.78 is 8.92. The highest BCUT2D eigenvalue weighted by Crippen LogP contribution is 2.28. The van der Waals surface area contributed by atoms with Crippen molar-refractivity contribution in [2.45, 2.75) is 65.1 Å². The molecule has 9 nitrogen and oxygen atoms in total. The molecule has 3 aromatic rings. The van der Waals surface area contributed by atoms with Gasteiger partial charge in [0.15, 0.2) is 11.2 Å². The summed E-state index contributed by atoms with van der Waals surface area (Å²) in [4.78, 5) is 34.3. The SMILES string of the molecule is CCC1CCCCN1c1nc2c(c(=O)[nH]c(=O)n2C)n1CC(O)COc1ccc(C)c(C)c1. The topological polar surface area (TPSA) is 105 Å². The van der Waals surface area contributed by atoms with Gasteiger partial charge in [0.05, 0.1) is 6.54 Å². The Morgan fingerprint density at radius 1 is 1.24 bits per heavy atom. The highest BCUT2D eigenvalue weighted by molar-refractivity contribution is 5.74. The lowest BCUT2D eigenvalue weighted by Gasteiger charge is -2.36. The summed E-state index contributed by atoms with van der Waals surface area (Å²) in [6.45, 7) is 7.22. The zero-order valence-corrected chi connectivity index (χ0v) is 19.8. The van der Waals surface area contributed by atoms with Crippen molar-refractivity contribution in [2.75, 3.05) is 18.1 Å². The first-order chi connectivity index (χ1) is 15.8. The van der Waals surface area contributed by atoms with Crippen molar-refractivity contribution < 1.29 is 9.84 Å². The molecular formula is C24H33N5O4. The molecule has 1 aromatic carbocycles. The summed E-state index contributed by atoms with van der Waals surface area (Å²) in [6, 6.07) is 6.11. The van der Waals surface area contributed by atoms with Gasteiger partial charge in [-0.3, -0.25) is 14.3 Å². The van der Waals surface area contributed by atoms with Crippen molar-refractivity contribution in [2.24, 2.45) is 7.05 Å². The van der Waals surface area contributed by atoms with Gasteiger partial charge in [0, 0.05) is 19.6 Å². The van der Waals surface area contributed by atoms with Gasteiger partial charge in [-0.1, -0.05) is 13.0 Å². The molecule has 2 N–H and O–H groups in total. The number of imidazole rings is 1. The van der Waals surface area contributed by atoms with Crippen LogP contribution in [0.3, 0.4) is 0 Å². The molecule has 2 atom stereocenters. The van der Waals surface area contributed by atoms with Gasteiger partial charge in [-0.25, -0.2) is 4.79 Å². The average Bonchev–Trinajstić information content (AvgIpc) is 3.17. The standard InChI is InChI=1S/C24H33N5O4/c1-5-17-8-6-7-11-28(17)23-25-21-20(22(31)26-24(32)27(21)4)29(23)13-18(30)14-33-19-10-9-15(2)16(3)12-19/h9-10,12,17-18,30H,5-8,11,13-14H2,1-4H3,(H,26,31,32). The van der Waals surface area contributed by atoms with E-state index in [-0.39, 0.29) is 18.7 Å². The second kappa shape index (κ2) is 9.43. The Labute approximate surface area is 192 Å². The van der Waals surface area contributed by atoms with Crippen molar-refractivity contribution in [3.8, 4) is 5.75 Å². The maximum absolute atomic E-state index is 12.8. The quantitative estimate of drug-likeness (QED) is 0.566. The normalized spacial score (nSPS) is 17.5. The van der Waals surface area contributed by atoms with Crippen LogP contribution in [0.4, 0.5) is 5.95 Å². The minimum Gasteiger partial charge on any atom is -0.491 e. The van der Waals surface area contributed by atoms with E-state index in [0.717, 1.165) is 37.8 Å². The molecule has 178 valence electrons. The maximum Gasteiger partial charge on any atom is 0.329 e. The number of aliphatic hydroxyl groups is 1. The van der Waals surface area contributed by atoms with Crippen LogP contribution in [0.1, 0.15) is 43.7 Å². The first kappa shape index (κ1) is 23.1. The lowest BCUT2D eigenvalue weighted by Crippen LogP contribution is -2.41. The molecule has 0 amide bonds. The lowest BCUT2D eigenvalue weighted by atomic mass is 10.0. The Kier molecular flexibility index (Phi) is 6.60. The van der Waals surface area contributed by atoms with Crippen LogP contribution in [0, 0.1) is 13.8 Å². The van der Waals surface area contributed by atoms with E-state index >= 15 is 0 Å². The molecule has 0 spiro atoms. The Hall–Kier alpha value is -3.07. The van der Waals surface area contributed by atoms with Gasteiger partial charge in [-0.15, -0.1) is 0 Å². The number of aromatic nitrogens is 4. The number of piperidine rings is 1. The molecule has 1 fully saturated rings. The predicted molar refractivity (Wildman–Crippen MR) is 128 cm³/mol.